The molecule has 5 aliphatic heterocycles. The minimum atomic E-state index is -4.30. The highest BCUT2D eigenvalue weighted by Crippen LogP contribution is 2.39. The lowest BCUT2D eigenvalue weighted by Crippen LogP contribution is -2.57. The first-order chi connectivity index (χ1) is 18.9. The van der Waals surface area contributed by atoms with Crippen LogP contribution in [0.3, 0.4) is 0 Å². The smallest absolute Gasteiger partial charge is 0.380 e. The van der Waals surface area contributed by atoms with Crippen LogP contribution in [0.1, 0.15) is 33.1 Å². The molecule has 9 nitrogen and oxygen atoms in total. The summed E-state index contributed by atoms with van der Waals surface area (Å²) in [5, 5.41) is 16.1. The molecule has 2 amide bonds. The Labute approximate surface area is 243 Å². The summed E-state index contributed by atoms with van der Waals surface area (Å²) in [6.45, 7) is 6.19. The summed E-state index contributed by atoms with van der Waals surface area (Å²) >= 11 is 8.06. The summed E-state index contributed by atoms with van der Waals surface area (Å²) in [6, 6.07) is -1.23. The quantitative estimate of drug-likeness (QED) is 0.234. The van der Waals surface area contributed by atoms with Crippen molar-refractivity contribution in [1.82, 2.24) is 31.5 Å². The number of alkyl halides is 4. The number of thioether (sulfide) groups is 1. The lowest BCUT2D eigenvalue weighted by Gasteiger charge is -2.45. The highest BCUT2D eigenvalue weighted by molar-refractivity contribution is 8.00. The molecule has 14 heteroatoms. The van der Waals surface area contributed by atoms with Gasteiger partial charge in [-0.15, -0.1) is 23.4 Å². The fourth-order valence-corrected chi connectivity index (χ4v) is 9.05. The first kappa shape index (κ1) is 30.6. The van der Waals surface area contributed by atoms with E-state index in [4.69, 9.17) is 16.3 Å². The van der Waals surface area contributed by atoms with E-state index in [-0.39, 0.29) is 76.8 Å². The van der Waals surface area contributed by atoms with Crippen LogP contribution in [0.2, 0.25) is 0 Å². The van der Waals surface area contributed by atoms with Gasteiger partial charge in [-0.2, -0.15) is 13.2 Å². The number of fused-ring (bicyclic) bond motifs is 1. The van der Waals surface area contributed by atoms with E-state index >= 15 is 0 Å². The molecule has 40 heavy (non-hydrogen) atoms. The number of nitrogens with one attached hydrogen (secondary N) is 5. The van der Waals surface area contributed by atoms with Gasteiger partial charge < -0.3 is 25.6 Å². The summed E-state index contributed by atoms with van der Waals surface area (Å²) in [4.78, 5) is 28.6. The Morgan fingerprint density at radius 2 is 1.75 bits per heavy atom. The monoisotopic (exact) mass is 610 g/mol. The molecule has 5 heterocycles. The van der Waals surface area contributed by atoms with E-state index in [2.05, 4.69) is 33.5 Å². The Balaban J connectivity index is 1.14. The third kappa shape index (κ3) is 6.55. The number of halogens is 4. The molecule has 0 aromatic carbocycles. The van der Waals surface area contributed by atoms with Gasteiger partial charge in [-0.25, -0.2) is 0 Å². The van der Waals surface area contributed by atoms with E-state index in [9.17, 15) is 22.8 Å². The number of carbonyl (C=O) groups is 2. The summed E-state index contributed by atoms with van der Waals surface area (Å²) < 4.78 is 45.1. The highest BCUT2D eigenvalue weighted by Gasteiger charge is 2.49. The van der Waals surface area contributed by atoms with Gasteiger partial charge in [0.1, 0.15) is 11.5 Å². The van der Waals surface area contributed by atoms with Gasteiger partial charge in [0, 0.05) is 57.2 Å². The lowest BCUT2D eigenvalue weighted by atomic mass is 9.70. The maximum atomic E-state index is 13.6. The summed E-state index contributed by atoms with van der Waals surface area (Å²) in [5.41, 5.74) is -0.393. The number of methoxy groups -OCH3 is 1. The zero-order valence-corrected chi connectivity index (χ0v) is 24.7. The van der Waals surface area contributed by atoms with Crippen molar-refractivity contribution in [1.29, 1.82) is 0 Å². The van der Waals surface area contributed by atoms with E-state index in [1.54, 1.807) is 30.7 Å². The number of rotatable bonds is 5. The van der Waals surface area contributed by atoms with E-state index < -0.39 is 18.1 Å². The average Bonchev–Trinajstić information content (AvgIpc) is 3.46. The van der Waals surface area contributed by atoms with Gasteiger partial charge in [0.05, 0.1) is 23.4 Å². The zero-order valence-electron chi connectivity index (χ0n) is 23.2. The van der Waals surface area contributed by atoms with Gasteiger partial charge in [-0.1, -0.05) is 6.92 Å². The van der Waals surface area contributed by atoms with Crippen molar-refractivity contribution in [2.45, 2.75) is 79.8 Å². The van der Waals surface area contributed by atoms with Crippen LogP contribution in [0, 0.1) is 29.6 Å². The SMILES string of the molecule is COC1CNC(Cl)CC1C1CC(C)NCC1C(=O)NC1NC2CN(C(=O)C3CNC(C(F)(F)F)CC3C)CC2S1. The van der Waals surface area contributed by atoms with Crippen LogP contribution in [-0.4, -0.2) is 103 Å². The fraction of sp³-hybridized carbons (Fsp3) is 0.923. The van der Waals surface area contributed by atoms with E-state index in [0.29, 0.717) is 32.2 Å². The Kier molecular flexibility index (Phi) is 9.51. The Bertz CT molecular complexity index is 923. The van der Waals surface area contributed by atoms with Crippen LogP contribution in [0.25, 0.3) is 0 Å². The molecule has 5 rings (SSSR count). The molecule has 0 aromatic heterocycles. The Hall–Kier alpha value is -0.830. The molecule has 0 bridgehead atoms. The molecule has 0 spiro atoms. The summed E-state index contributed by atoms with van der Waals surface area (Å²) in [5.74, 6) is -0.775. The molecule has 0 aromatic rings. The molecule has 12 atom stereocenters. The summed E-state index contributed by atoms with van der Waals surface area (Å²) in [6.07, 6.45) is -2.77. The van der Waals surface area contributed by atoms with Crippen molar-refractivity contribution >= 4 is 35.2 Å². The molecular weight excluding hydrogens is 569 g/mol. The van der Waals surface area contributed by atoms with Crippen molar-refractivity contribution in [3.63, 3.8) is 0 Å². The minimum Gasteiger partial charge on any atom is -0.380 e. The van der Waals surface area contributed by atoms with Crippen LogP contribution in [-0.2, 0) is 14.3 Å². The number of amides is 2. The third-order valence-electron chi connectivity index (χ3n) is 9.63. The fourth-order valence-electron chi connectivity index (χ4n) is 7.35. The largest absolute Gasteiger partial charge is 0.403 e. The van der Waals surface area contributed by atoms with Gasteiger partial charge in [0.15, 0.2) is 0 Å². The number of ether oxygens (including phenoxy) is 1. The number of likely N-dealkylation sites (tertiary alicyclic amines) is 1. The molecular formula is C26H42ClF3N6O3S. The predicted octanol–water partition coefficient (Wildman–Crippen LogP) is 1.28. The van der Waals surface area contributed by atoms with Crippen molar-refractivity contribution in [2.24, 2.45) is 29.6 Å². The standard InChI is InChI=1S/C26H42ClF3N6O3S/c1-12-4-21(26(28,29)30)32-7-16(12)24(38)36-10-18-20(11-36)40-25(34-18)35-23(37)17-8-31-13(2)5-14(17)15-6-22(27)33-9-19(15)39-3/h12-22,25,31-34H,4-11H2,1-3H3,(H,35,37). The van der Waals surface area contributed by atoms with Crippen molar-refractivity contribution in [3.8, 4) is 0 Å². The van der Waals surface area contributed by atoms with Crippen molar-refractivity contribution in [3.05, 3.63) is 0 Å². The van der Waals surface area contributed by atoms with Crippen molar-refractivity contribution in [2.75, 3.05) is 39.8 Å². The van der Waals surface area contributed by atoms with Gasteiger partial charge in [0.2, 0.25) is 11.8 Å². The summed E-state index contributed by atoms with van der Waals surface area (Å²) in [7, 11) is 1.71. The number of hydrogen-bond acceptors (Lipinski definition) is 8. The Morgan fingerprint density at radius 3 is 2.42 bits per heavy atom. The van der Waals surface area contributed by atoms with Gasteiger partial charge in [-0.05, 0) is 43.9 Å². The first-order valence-electron chi connectivity index (χ1n) is 14.4. The van der Waals surface area contributed by atoms with E-state index in [0.717, 1.165) is 12.8 Å². The first-order valence-corrected chi connectivity index (χ1v) is 15.8. The third-order valence-corrected chi connectivity index (χ3v) is 11.3. The molecule has 0 saturated carbocycles. The normalized spacial score (nSPS) is 44.3. The van der Waals surface area contributed by atoms with Crippen molar-refractivity contribution < 1.29 is 27.5 Å². The molecule has 5 fully saturated rings. The van der Waals surface area contributed by atoms with Crippen LogP contribution in [0.4, 0.5) is 13.2 Å². The number of carbonyl (C=O) groups excluding carboxylic acids is 2. The van der Waals surface area contributed by atoms with E-state index in [1.165, 1.54) is 0 Å². The van der Waals surface area contributed by atoms with Crippen LogP contribution in [0.15, 0.2) is 0 Å². The second kappa shape index (κ2) is 12.4. The lowest BCUT2D eigenvalue weighted by molar-refractivity contribution is -0.169. The number of hydrogen-bond donors (Lipinski definition) is 5. The predicted molar refractivity (Wildman–Crippen MR) is 148 cm³/mol. The molecule has 5 aliphatic rings. The Morgan fingerprint density at radius 1 is 1.00 bits per heavy atom. The van der Waals surface area contributed by atoms with Crippen LogP contribution >= 0.6 is 23.4 Å². The molecule has 5 N–H and O–H groups in total. The number of piperidine rings is 3. The molecule has 12 unspecified atom stereocenters. The molecule has 5 saturated heterocycles. The topological polar surface area (TPSA) is 107 Å². The van der Waals surface area contributed by atoms with Crippen LogP contribution in [0.5, 0.6) is 0 Å². The number of nitrogens with zero attached hydrogens (tertiary/aromatic N) is 1. The minimum absolute atomic E-state index is 0.00291. The zero-order chi connectivity index (χ0) is 28.8. The molecule has 0 aliphatic carbocycles. The maximum Gasteiger partial charge on any atom is 0.403 e. The van der Waals surface area contributed by atoms with Gasteiger partial charge in [-0.3, -0.25) is 20.2 Å². The van der Waals surface area contributed by atoms with Crippen LogP contribution < -0.4 is 26.6 Å². The second-order valence-corrected chi connectivity index (χ2v) is 14.1. The van der Waals surface area contributed by atoms with Gasteiger partial charge >= 0.3 is 6.18 Å². The molecule has 228 valence electrons. The van der Waals surface area contributed by atoms with E-state index in [1.807, 2.05) is 0 Å². The maximum absolute atomic E-state index is 13.6. The van der Waals surface area contributed by atoms with Gasteiger partial charge in [0.25, 0.3) is 0 Å². The molecule has 0 radical (unpaired) electrons. The second-order valence-electron chi connectivity index (χ2n) is 12.3. The average molecular weight is 611 g/mol. The highest BCUT2D eigenvalue weighted by atomic mass is 35.5.